The Labute approximate surface area is 122 Å². The molecule has 1 aromatic carbocycles. The summed E-state index contributed by atoms with van der Waals surface area (Å²) in [5.41, 5.74) is 2.22. The van der Waals surface area contributed by atoms with Gasteiger partial charge in [-0.3, -0.25) is 4.68 Å². The molecule has 0 radical (unpaired) electrons. The molecule has 106 valence electrons. The van der Waals surface area contributed by atoms with E-state index < -0.39 is 0 Å². The van der Waals surface area contributed by atoms with Crippen LogP contribution in [0.4, 0.5) is 0 Å². The lowest BCUT2D eigenvalue weighted by molar-refractivity contribution is 0.171. The number of nitrogens with one attached hydrogen (secondary N) is 1. The van der Waals surface area contributed by atoms with Crippen molar-refractivity contribution in [1.29, 1.82) is 0 Å². The Hall–Kier alpha value is -1.72. The molecule has 1 aromatic heterocycles. The topological polar surface area (TPSA) is 48.3 Å². The van der Waals surface area contributed by atoms with Gasteiger partial charge in [-0.1, -0.05) is 11.6 Å². The number of rotatable bonds is 4. The first-order chi connectivity index (χ1) is 9.72. The summed E-state index contributed by atoms with van der Waals surface area (Å²) < 4.78 is 12.8. The summed E-state index contributed by atoms with van der Waals surface area (Å²) in [6, 6.07) is 3.88. The van der Waals surface area contributed by atoms with Crippen molar-refractivity contribution in [3.8, 4) is 11.5 Å². The second-order valence-electron chi connectivity index (χ2n) is 4.73. The largest absolute Gasteiger partial charge is 0.486 e. The van der Waals surface area contributed by atoms with Gasteiger partial charge in [-0.2, -0.15) is 5.10 Å². The van der Waals surface area contributed by atoms with Gasteiger partial charge in [0, 0.05) is 31.9 Å². The molecule has 1 aliphatic heterocycles. The first-order valence-electron chi connectivity index (χ1n) is 6.48. The maximum Gasteiger partial charge on any atom is 0.179 e. The van der Waals surface area contributed by atoms with Crippen LogP contribution in [0, 0.1) is 0 Å². The van der Waals surface area contributed by atoms with Crippen molar-refractivity contribution in [3.05, 3.63) is 40.7 Å². The number of benzene rings is 1. The molecule has 1 N–H and O–H groups in total. The number of hydrogen-bond donors (Lipinski definition) is 1. The SMILES string of the molecule is Cn1cc(CNCc2cc(Cl)c3c(c2)OCCO3)cn1. The smallest absolute Gasteiger partial charge is 0.179 e. The van der Waals surface area contributed by atoms with E-state index in [0.29, 0.717) is 30.5 Å². The second-order valence-corrected chi connectivity index (χ2v) is 5.13. The minimum absolute atomic E-state index is 0.547. The third-order valence-electron chi connectivity index (χ3n) is 3.07. The third-order valence-corrected chi connectivity index (χ3v) is 3.35. The molecule has 0 amide bonds. The maximum absolute atomic E-state index is 6.20. The highest BCUT2D eigenvalue weighted by molar-refractivity contribution is 6.32. The molecule has 0 saturated heterocycles. The Kier molecular flexibility index (Phi) is 3.80. The zero-order valence-electron chi connectivity index (χ0n) is 11.2. The quantitative estimate of drug-likeness (QED) is 0.938. The van der Waals surface area contributed by atoms with Crippen LogP contribution in [0.25, 0.3) is 0 Å². The molecule has 0 bridgehead atoms. The van der Waals surface area contributed by atoms with Crippen LogP contribution in [0.3, 0.4) is 0 Å². The molecule has 2 aromatic rings. The monoisotopic (exact) mass is 293 g/mol. The molecule has 0 fully saturated rings. The minimum atomic E-state index is 0.547. The summed E-state index contributed by atoms with van der Waals surface area (Å²) in [4.78, 5) is 0. The standard InChI is InChI=1S/C14H16ClN3O2/c1-18-9-11(8-17-18)7-16-6-10-4-12(15)14-13(5-10)19-2-3-20-14/h4-5,8-9,16H,2-3,6-7H2,1H3. The normalized spacial score (nSPS) is 13.5. The maximum atomic E-state index is 6.20. The average Bonchev–Trinajstić information content (AvgIpc) is 2.85. The number of ether oxygens (including phenoxy) is 2. The summed E-state index contributed by atoms with van der Waals surface area (Å²) >= 11 is 6.20. The van der Waals surface area contributed by atoms with Gasteiger partial charge in [0.1, 0.15) is 13.2 Å². The molecule has 5 nitrogen and oxygen atoms in total. The Morgan fingerprint density at radius 2 is 2.05 bits per heavy atom. The van der Waals surface area contributed by atoms with E-state index in [1.807, 2.05) is 31.6 Å². The van der Waals surface area contributed by atoms with Crippen molar-refractivity contribution in [3.63, 3.8) is 0 Å². The average molecular weight is 294 g/mol. The molecule has 2 heterocycles. The summed E-state index contributed by atoms with van der Waals surface area (Å²) in [6.45, 7) is 2.59. The lowest BCUT2D eigenvalue weighted by Gasteiger charge is -2.20. The van der Waals surface area contributed by atoms with E-state index in [9.17, 15) is 0 Å². The molecular weight excluding hydrogens is 278 g/mol. The number of aromatic nitrogens is 2. The first-order valence-corrected chi connectivity index (χ1v) is 6.86. The van der Waals surface area contributed by atoms with Crippen LogP contribution in [0.5, 0.6) is 11.5 Å². The van der Waals surface area contributed by atoms with E-state index in [2.05, 4.69) is 10.4 Å². The molecule has 1 aliphatic rings. The van der Waals surface area contributed by atoms with E-state index >= 15 is 0 Å². The first kappa shape index (κ1) is 13.3. The van der Waals surface area contributed by atoms with Gasteiger partial charge >= 0.3 is 0 Å². The van der Waals surface area contributed by atoms with E-state index in [1.54, 1.807) is 4.68 Å². The number of aryl methyl sites for hydroxylation is 1. The highest BCUT2D eigenvalue weighted by Gasteiger charge is 2.16. The van der Waals surface area contributed by atoms with Gasteiger partial charge in [0.25, 0.3) is 0 Å². The molecule has 0 atom stereocenters. The van der Waals surface area contributed by atoms with E-state index in [1.165, 1.54) is 0 Å². The van der Waals surface area contributed by atoms with Crippen molar-refractivity contribution in [2.75, 3.05) is 13.2 Å². The van der Waals surface area contributed by atoms with Crippen molar-refractivity contribution in [1.82, 2.24) is 15.1 Å². The van der Waals surface area contributed by atoms with Crippen LogP contribution in [0.2, 0.25) is 5.02 Å². The lowest BCUT2D eigenvalue weighted by Crippen LogP contribution is -2.17. The van der Waals surface area contributed by atoms with E-state index in [0.717, 1.165) is 23.4 Å². The van der Waals surface area contributed by atoms with Crippen molar-refractivity contribution in [2.24, 2.45) is 7.05 Å². The van der Waals surface area contributed by atoms with Gasteiger partial charge in [-0.15, -0.1) is 0 Å². The van der Waals surface area contributed by atoms with Crippen molar-refractivity contribution >= 4 is 11.6 Å². The van der Waals surface area contributed by atoms with E-state index in [-0.39, 0.29) is 0 Å². The Morgan fingerprint density at radius 3 is 2.85 bits per heavy atom. The number of hydrogen-bond acceptors (Lipinski definition) is 4. The zero-order valence-corrected chi connectivity index (χ0v) is 12.0. The van der Waals surface area contributed by atoms with Gasteiger partial charge in [-0.25, -0.2) is 0 Å². The van der Waals surface area contributed by atoms with Gasteiger partial charge in [0.05, 0.1) is 11.2 Å². The fraction of sp³-hybridized carbons (Fsp3) is 0.357. The number of fused-ring (bicyclic) bond motifs is 1. The van der Waals surface area contributed by atoms with Gasteiger partial charge in [0.2, 0.25) is 0 Å². The van der Waals surface area contributed by atoms with Crippen molar-refractivity contribution in [2.45, 2.75) is 13.1 Å². The van der Waals surface area contributed by atoms with Crippen molar-refractivity contribution < 1.29 is 9.47 Å². The highest BCUT2D eigenvalue weighted by atomic mass is 35.5. The lowest BCUT2D eigenvalue weighted by atomic mass is 10.2. The van der Waals surface area contributed by atoms with Crippen LogP contribution < -0.4 is 14.8 Å². The molecule has 20 heavy (non-hydrogen) atoms. The predicted octanol–water partition coefficient (Wildman–Crippen LogP) is 2.13. The van der Waals surface area contributed by atoms with Gasteiger partial charge in [-0.05, 0) is 17.7 Å². The fourth-order valence-corrected chi connectivity index (χ4v) is 2.47. The summed E-state index contributed by atoms with van der Waals surface area (Å²) in [5.74, 6) is 1.37. The summed E-state index contributed by atoms with van der Waals surface area (Å²) in [5, 5.41) is 8.09. The number of nitrogens with zero attached hydrogens (tertiary/aromatic N) is 2. The van der Waals surface area contributed by atoms with Crippen LogP contribution in [-0.2, 0) is 20.1 Å². The van der Waals surface area contributed by atoms with Gasteiger partial charge < -0.3 is 14.8 Å². The molecule has 0 spiro atoms. The summed E-state index contributed by atoms with van der Waals surface area (Å²) in [6.07, 6.45) is 3.84. The fourth-order valence-electron chi connectivity index (χ4n) is 2.18. The Bertz CT molecular complexity index is 612. The molecule has 0 unspecified atom stereocenters. The van der Waals surface area contributed by atoms with Crippen LogP contribution in [-0.4, -0.2) is 23.0 Å². The van der Waals surface area contributed by atoms with Gasteiger partial charge in [0.15, 0.2) is 11.5 Å². The molecule has 0 aliphatic carbocycles. The highest BCUT2D eigenvalue weighted by Crippen LogP contribution is 2.38. The molecule has 0 saturated carbocycles. The molecule has 3 rings (SSSR count). The van der Waals surface area contributed by atoms with E-state index in [4.69, 9.17) is 21.1 Å². The second kappa shape index (κ2) is 5.73. The van der Waals surface area contributed by atoms with Crippen LogP contribution in [0.1, 0.15) is 11.1 Å². The minimum Gasteiger partial charge on any atom is -0.486 e. The number of halogens is 1. The van der Waals surface area contributed by atoms with Crippen LogP contribution in [0.15, 0.2) is 24.5 Å². The Morgan fingerprint density at radius 1 is 1.25 bits per heavy atom. The van der Waals surface area contributed by atoms with Crippen LogP contribution >= 0.6 is 11.6 Å². The molecule has 6 heteroatoms. The third kappa shape index (κ3) is 2.89. The molecular formula is C14H16ClN3O2. The zero-order chi connectivity index (χ0) is 13.9. The predicted molar refractivity (Wildman–Crippen MR) is 76.2 cm³/mol. The summed E-state index contributed by atoms with van der Waals surface area (Å²) in [7, 11) is 1.91. The Balaban J connectivity index is 1.64.